The summed E-state index contributed by atoms with van der Waals surface area (Å²) in [4.78, 5) is 25.0. The molecule has 40 heavy (non-hydrogen) atoms. The maximum absolute atomic E-state index is 13.8. The van der Waals surface area contributed by atoms with E-state index in [0.717, 1.165) is 33.0 Å². The molecule has 0 aliphatic heterocycles. The summed E-state index contributed by atoms with van der Waals surface area (Å²) in [7, 11) is 0. The molecule has 1 heterocycles. The average Bonchev–Trinajstić information content (AvgIpc) is 3.39. The van der Waals surface area contributed by atoms with Gasteiger partial charge in [-0.05, 0) is 64.2 Å². The number of hydrogen-bond acceptors (Lipinski definition) is 4. The van der Waals surface area contributed by atoms with Crippen LogP contribution in [0.25, 0.3) is 32.9 Å². The Morgan fingerprint density at radius 1 is 0.825 bits per heavy atom. The first-order chi connectivity index (χ1) is 19.5. The number of carbonyl (C=O) groups is 2. The highest BCUT2D eigenvalue weighted by Crippen LogP contribution is 2.32. The van der Waals surface area contributed by atoms with Gasteiger partial charge in [-0.25, -0.2) is 4.79 Å². The summed E-state index contributed by atoms with van der Waals surface area (Å²) in [6.45, 7) is 1.87. The zero-order valence-electron chi connectivity index (χ0n) is 21.8. The van der Waals surface area contributed by atoms with Crippen LogP contribution in [0, 0.1) is 0 Å². The fraction of sp³-hybridized carbons (Fsp3) is 0.0882. The molecule has 1 aromatic heterocycles. The van der Waals surface area contributed by atoms with Gasteiger partial charge in [-0.1, -0.05) is 90.1 Å². The number of fused-ring (bicyclic) bond motifs is 2. The Morgan fingerprint density at radius 2 is 1.55 bits per heavy atom. The summed E-state index contributed by atoms with van der Waals surface area (Å²) >= 11 is 0. The summed E-state index contributed by atoms with van der Waals surface area (Å²) in [5.74, 6) is -1.25. The molecule has 1 amide bonds. The molecule has 2 N–H and O–H groups in total. The number of carboxylic acids is 1. The number of hydrogen-bond donors (Lipinski definition) is 2. The van der Waals surface area contributed by atoms with Crippen molar-refractivity contribution in [2.45, 2.75) is 19.4 Å². The third kappa shape index (κ3) is 4.95. The van der Waals surface area contributed by atoms with Crippen LogP contribution in [-0.2, 0) is 6.42 Å². The number of aromatic carboxylic acids is 1. The third-order valence-corrected chi connectivity index (χ3v) is 7.19. The number of aromatic nitrogens is 1. The van der Waals surface area contributed by atoms with E-state index in [9.17, 15) is 14.7 Å². The van der Waals surface area contributed by atoms with Gasteiger partial charge in [0.2, 0.25) is 0 Å². The van der Waals surface area contributed by atoms with Gasteiger partial charge in [0.1, 0.15) is 0 Å². The lowest BCUT2D eigenvalue weighted by atomic mass is 9.96. The Balaban J connectivity index is 1.39. The van der Waals surface area contributed by atoms with Gasteiger partial charge < -0.3 is 14.9 Å². The maximum Gasteiger partial charge on any atom is 0.335 e. The van der Waals surface area contributed by atoms with Crippen molar-refractivity contribution in [1.29, 1.82) is 0 Å². The topological polar surface area (TPSA) is 92.4 Å². The lowest BCUT2D eigenvalue weighted by Gasteiger charge is -2.16. The van der Waals surface area contributed by atoms with Gasteiger partial charge in [0, 0.05) is 6.42 Å². The molecule has 0 bridgehead atoms. The first-order valence-electron chi connectivity index (χ1n) is 13.1. The van der Waals surface area contributed by atoms with E-state index in [4.69, 9.17) is 4.52 Å². The molecular weight excluding hydrogens is 500 g/mol. The van der Waals surface area contributed by atoms with Gasteiger partial charge >= 0.3 is 5.97 Å². The maximum atomic E-state index is 13.8. The van der Waals surface area contributed by atoms with Gasteiger partial charge in [-0.3, -0.25) is 4.79 Å². The molecule has 0 saturated heterocycles. The summed E-state index contributed by atoms with van der Waals surface area (Å²) < 4.78 is 5.80. The summed E-state index contributed by atoms with van der Waals surface area (Å²) in [5, 5.41) is 19.7. The van der Waals surface area contributed by atoms with Crippen LogP contribution in [0.3, 0.4) is 0 Å². The van der Waals surface area contributed by atoms with E-state index in [-0.39, 0.29) is 17.5 Å². The largest absolute Gasteiger partial charge is 0.478 e. The molecule has 6 rings (SSSR count). The molecule has 6 aromatic rings. The molecule has 6 nitrogen and oxygen atoms in total. The molecule has 0 aliphatic carbocycles. The zero-order chi connectivity index (χ0) is 27.6. The highest BCUT2D eigenvalue weighted by atomic mass is 16.5. The SMILES string of the molecule is C[C@H](NC(=O)c1cc(-c2ccccc2)cc2onc(Cc3ccc4ccccc4c3)c12)c1ccc(C(=O)O)cc1. The first-order valence-corrected chi connectivity index (χ1v) is 13.1. The van der Waals surface area contributed by atoms with Crippen molar-refractivity contribution in [3.63, 3.8) is 0 Å². The molecule has 0 saturated carbocycles. The fourth-order valence-electron chi connectivity index (χ4n) is 5.05. The van der Waals surface area contributed by atoms with E-state index in [1.54, 1.807) is 12.1 Å². The van der Waals surface area contributed by atoms with E-state index < -0.39 is 5.97 Å². The number of carbonyl (C=O) groups excluding carboxylic acids is 1. The van der Waals surface area contributed by atoms with E-state index in [1.165, 1.54) is 12.1 Å². The monoisotopic (exact) mass is 526 g/mol. The number of carboxylic acid groups (broad SMARTS) is 1. The number of nitrogens with zero attached hydrogens (tertiary/aromatic N) is 1. The summed E-state index contributed by atoms with van der Waals surface area (Å²) in [6.07, 6.45) is 0.509. The molecule has 0 unspecified atom stereocenters. The molecule has 0 spiro atoms. The molecule has 6 heteroatoms. The van der Waals surface area contributed by atoms with Gasteiger partial charge in [0.05, 0.1) is 28.2 Å². The highest BCUT2D eigenvalue weighted by Gasteiger charge is 2.22. The van der Waals surface area contributed by atoms with Crippen LogP contribution < -0.4 is 5.32 Å². The Morgan fingerprint density at radius 3 is 2.30 bits per heavy atom. The van der Waals surface area contributed by atoms with Gasteiger partial charge in [-0.15, -0.1) is 0 Å². The predicted molar refractivity (Wildman–Crippen MR) is 155 cm³/mol. The number of benzene rings is 5. The second kappa shape index (κ2) is 10.5. The van der Waals surface area contributed by atoms with Crippen LogP contribution >= 0.6 is 0 Å². The second-order valence-corrected chi connectivity index (χ2v) is 9.87. The lowest BCUT2D eigenvalue weighted by molar-refractivity contribution is 0.0696. The summed E-state index contributed by atoms with van der Waals surface area (Å²) in [6, 6.07) is 34.3. The van der Waals surface area contributed by atoms with Crippen molar-refractivity contribution < 1.29 is 19.2 Å². The number of nitrogens with one attached hydrogen (secondary N) is 1. The predicted octanol–water partition coefficient (Wildman–Crippen LogP) is 7.43. The number of rotatable bonds is 7. The fourth-order valence-corrected chi connectivity index (χ4v) is 5.05. The van der Waals surface area contributed by atoms with Crippen LogP contribution in [0.15, 0.2) is 114 Å². The quantitative estimate of drug-likeness (QED) is 0.226. The lowest BCUT2D eigenvalue weighted by Crippen LogP contribution is -2.27. The van der Waals surface area contributed by atoms with Gasteiger partial charge in [0.15, 0.2) is 5.58 Å². The zero-order valence-corrected chi connectivity index (χ0v) is 21.8. The molecule has 0 fully saturated rings. The van der Waals surface area contributed by atoms with E-state index in [0.29, 0.717) is 28.6 Å². The third-order valence-electron chi connectivity index (χ3n) is 7.19. The minimum atomic E-state index is -0.991. The average molecular weight is 527 g/mol. The molecule has 0 aliphatic rings. The first kappa shape index (κ1) is 25.1. The van der Waals surface area contributed by atoms with Crippen LogP contribution in [0.5, 0.6) is 0 Å². The molecule has 1 atom stereocenters. The normalized spacial score (nSPS) is 11.9. The van der Waals surface area contributed by atoms with Gasteiger partial charge in [-0.2, -0.15) is 0 Å². The van der Waals surface area contributed by atoms with Crippen molar-refractivity contribution in [2.75, 3.05) is 0 Å². The van der Waals surface area contributed by atoms with Crippen molar-refractivity contribution >= 4 is 33.6 Å². The van der Waals surface area contributed by atoms with E-state index in [1.807, 2.05) is 61.5 Å². The molecule has 196 valence electrons. The van der Waals surface area contributed by atoms with Crippen LogP contribution in [-0.4, -0.2) is 22.1 Å². The van der Waals surface area contributed by atoms with E-state index >= 15 is 0 Å². The van der Waals surface area contributed by atoms with E-state index in [2.05, 4.69) is 40.8 Å². The highest BCUT2D eigenvalue weighted by molar-refractivity contribution is 6.08. The Bertz CT molecular complexity index is 1860. The van der Waals surface area contributed by atoms with Crippen molar-refractivity contribution in [2.24, 2.45) is 0 Å². The van der Waals surface area contributed by atoms with Crippen molar-refractivity contribution in [1.82, 2.24) is 10.5 Å². The van der Waals surface area contributed by atoms with Crippen molar-refractivity contribution in [3.8, 4) is 11.1 Å². The van der Waals surface area contributed by atoms with Gasteiger partial charge in [0.25, 0.3) is 5.91 Å². The number of amides is 1. The minimum Gasteiger partial charge on any atom is -0.478 e. The molecular formula is C34H26N2O4. The Kier molecular flexibility index (Phi) is 6.58. The van der Waals surface area contributed by atoms with Crippen LogP contribution in [0.4, 0.5) is 0 Å². The van der Waals surface area contributed by atoms with Crippen LogP contribution in [0.2, 0.25) is 0 Å². The molecule has 0 radical (unpaired) electrons. The Labute approximate surface area is 230 Å². The Hall–Kier alpha value is -5.23. The summed E-state index contributed by atoms with van der Waals surface area (Å²) in [5.41, 5.74) is 5.59. The van der Waals surface area contributed by atoms with Crippen LogP contribution in [0.1, 0.15) is 50.5 Å². The van der Waals surface area contributed by atoms with Crippen molar-refractivity contribution in [3.05, 3.63) is 137 Å². The second-order valence-electron chi connectivity index (χ2n) is 9.87. The minimum absolute atomic E-state index is 0.197. The molecule has 5 aromatic carbocycles. The smallest absolute Gasteiger partial charge is 0.335 e. The standard InChI is InChI=1S/C34H26N2O4/c1-21(23-13-15-26(16-14-23)34(38)39)35-33(37)29-19-28(24-7-3-2-4-8-24)20-31-32(29)30(36-40-31)18-22-11-12-25-9-5-6-10-27(25)17-22/h2-17,19-21H,18H2,1H3,(H,35,37)(H,38,39)/t21-/m0/s1.